The second kappa shape index (κ2) is 5.66. The minimum absolute atomic E-state index is 0.469. The first kappa shape index (κ1) is 13.8. The predicted octanol–water partition coefficient (Wildman–Crippen LogP) is 3.23. The van der Waals surface area contributed by atoms with Crippen LogP contribution in [0.2, 0.25) is 0 Å². The Bertz CT molecular complexity index is 758. The summed E-state index contributed by atoms with van der Waals surface area (Å²) in [7, 11) is 0. The molecule has 0 unspecified atom stereocenters. The van der Waals surface area contributed by atoms with E-state index in [1.165, 1.54) is 5.56 Å². The highest BCUT2D eigenvalue weighted by atomic mass is 15.1. The minimum atomic E-state index is 0.469. The molecule has 0 aliphatic heterocycles. The number of rotatable bonds is 4. The first-order valence-electron chi connectivity index (χ1n) is 7.27. The van der Waals surface area contributed by atoms with E-state index in [-0.39, 0.29) is 0 Å². The quantitative estimate of drug-likeness (QED) is 0.798. The molecule has 0 fully saturated rings. The number of aromatic nitrogens is 3. The van der Waals surface area contributed by atoms with Crippen molar-refractivity contribution in [2.45, 2.75) is 33.4 Å². The number of imidazole rings is 1. The monoisotopic (exact) mass is 280 g/mol. The number of hydrogen-bond donors (Lipinski definition) is 1. The Morgan fingerprint density at radius 2 is 2.00 bits per heavy atom. The van der Waals surface area contributed by atoms with E-state index >= 15 is 0 Å². The summed E-state index contributed by atoms with van der Waals surface area (Å²) in [5, 5.41) is 3.45. The van der Waals surface area contributed by atoms with Crippen LogP contribution in [0.1, 0.15) is 25.1 Å². The summed E-state index contributed by atoms with van der Waals surface area (Å²) >= 11 is 0. The number of benzene rings is 1. The minimum Gasteiger partial charge on any atom is -0.310 e. The number of fused-ring (bicyclic) bond motifs is 1. The van der Waals surface area contributed by atoms with Gasteiger partial charge in [0.1, 0.15) is 12.1 Å². The zero-order valence-corrected chi connectivity index (χ0v) is 12.7. The van der Waals surface area contributed by atoms with E-state index in [9.17, 15) is 0 Å². The van der Waals surface area contributed by atoms with Gasteiger partial charge in [-0.25, -0.2) is 9.97 Å². The number of nitrogens with one attached hydrogen (secondary N) is 1. The van der Waals surface area contributed by atoms with Gasteiger partial charge in [0.25, 0.3) is 0 Å². The Morgan fingerprint density at radius 3 is 2.81 bits per heavy atom. The topological polar surface area (TPSA) is 42.7 Å². The molecule has 0 spiro atoms. The van der Waals surface area contributed by atoms with Crippen molar-refractivity contribution in [2.24, 2.45) is 0 Å². The number of aryl methyl sites for hydroxylation is 1. The van der Waals surface area contributed by atoms with E-state index in [4.69, 9.17) is 0 Å². The SMILES string of the molecule is Cc1cc(CNC(C)C)cc(-n2cnc3ccccc32)n1. The predicted molar refractivity (Wildman–Crippen MR) is 85.6 cm³/mol. The molecule has 108 valence electrons. The Balaban J connectivity index is 2.01. The fraction of sp³-hybridized carbons (Fsp3) is 0.294. The molecule has 21 heavy (non-hydrogen) atoms. The maximum absolute atomic E-state index is 4.65. The third-order valence-corrected chi connectivity index (χ3v) is 3.41. The molecule has 0 saturated carbocycles. The van der Waals surface area contributed by atoms with Gasteiger partial charge in [0.05, 0.1) is 11.0 Å². The molecule has 1 aromatic carbocycles. The van der Waals surface area contributed by atoms with Gasteiger partial charge in [0.15, 0.2) is 0 Å². The lowest BCUT2D eigenvalue weighted by molar-refractivity contribution is 0.588. The first-order chi connectivity index (χ1) is 10.1. The molecule has 3 aromatic rings. The van der Waals surface area contributed by atoms with Gasteiger partial charge in [-0.1, -0.05) is 26.0 Å². The highest BCUT2D eigenvalue weighted by Crippen LogP contribution is 2.18. The van der Waals surface area contributed by atoms with Crippen molar-refractivity contribution >= 4 is 11.0 Å². The highest BCUT2D eigenvalue weighted by Gasteiger charge is 2.07. The third-order valence-electron chi connectivity index (χ3n) is 3.41. The van der Waals surface area contributed by atoms with Gasteiger partial charge in [0, 0.05) is 18.3 Å². The van der Waals surface area contributed by atoms with E-state index in [1.54, 1.807) is 0 Å². The molecular formula is C17H20N4. The van der Waals surface area contributed by atoms with Gasteiger partial charge >= 0.3 is 0 Å². The third kappa shape index (κ3) is 2.95. The molecule has 0 amide bonds. The average molecular weight is 280 g/mol. The smallest absolute Gasteiger partial charge is 0.138 e. The standard InChI is InChI=1S/C17H20N4/c1-12(2)18-10-14-8-13(3)20-17(9-14)21-11-19-15-6-4-5-7-16(15)21/h4-9,11-12,18H,10H2,1-3H3. The van der Waals surface area contributed by atoms with Crippen LogP contribution in [0.5, 0.6) is 0 Å². The van der Waals surface area contributed by atoms with Gasteiger partial charge in [-0.05, 0) is 36.8 Å². The summed E-state index contributed by atoms with van der Waals surface area (Å²) in [6.07, 6.45) is 1.84. The summed E-state index contributed by atoms with van der Waals surface area (Å²) in [4.78, 5) is 9.08. The van der Waals surface area contributed by atoms with Crippen LogP contribution in [-0.2, 0) is 6.54 Å². The highest BCUT2D eigenvalue weighted by molar-refractivity contribution is 5.76. The molecule has 0 saturated heterocycles. The van der Waals surface area contributed by atoms with E-state index in [2.05, 4.69) is 47.3 Å². The Morgan fingerprint density at radius 1 is 1.19 bits per heavy atom. The maximum atomic E-state index is 4.65. The summed E-state index contributed by atoms with van der Waals surface area (Å²) in [5.41, 5.74) is 4.33. The molecule has 2 heterocycles. The molecule has 2 aromatic heterocycles. The van der Waals surface area contributed by atoms with Crippen LogP contribution >= 0.6 is 0 Å². The first-order valence-corrected chi connectivity index (χ1v) is 7.27. The molecular weight excluding hydrogens is 260 g/mol. The van der Waals surface area contributed by atoms with Gasteiger partial charge in [-0.15, -0.1) is 0 Å². The Labute approximate surface area is 124 Å². The molecule has 0 bridgehead atoms. The van der Waals surface area contributed by atoms with Crippen LogP contribution in [0.4, 0.5) is 0 Å². The van der Waals surface area contributed by atoms with Gasteiger partial charge in [-0.3, -0.25) is 4.57 Å². The molecule has 4 heteroatoms. The number of hydrogen-bond acceptors (Lipinski definition) is 3. The Kier molecular flexibility index (Phi) is 3.71. The van der Waals surface area contributed by atoms with Crippen molar-refractivity contribution in [2.75, 3.05) is 0 Å². The molecule has 1 N–H and O–H groups in total. The van der Waals surface area contributed by atoms with Crippen molar-refractivity contribution in [3.8, 4) is 5.82 Å². The number of para-hydroxylation sites is 2. The number of pyridine rings is 1. The van der Waals surface area contributed by atoms with Gasteiger partial charge < -0.3 is 5.32 Å². The zero-order valence-electron chi connectivity index (χ0n) is 12.7. The molecule has 0 radical (unpaired) electrons. The molecule has 0 atom stereocenters. The second-order valence-corrected chi connectivity index (χ2v) is 5.61. The van der Waals surface area contributed by atoms with Crippen molar-refractivity contribution in [1.29, 1.82) is 0 Å². The van der Waals surface area contributed by atoms with E-state index in [1.807, 2.05) is 36.0 Å². The summed E-state index contributed by atoms with van der Waals surface area (Å²) in [5.74, 6) is 0.921. The van der Waals surface area contributed by atoms with Crippen LogP contribution in [0.15, 0.2) is 42.7 Å². The molecule has 4 nitrogen and oxygen atoms in total. The normalized spacial score (nSPS) is 11.4. The van der Waals surface area contributed by atoms with Crippen molar-refractivity contribution in [3.63, 3.8) is 0 Å². The second-order valence-electron chi connectivity index (χ2n) is 5.61. The van der Waals surface area contributed by atoms with Gasteiger partial charge in [0.2, 0.25) is 0 Å². The van der Waals surface area contributed by atoms with E-state index in [0.29, 0.717) is 6.04 Å². The van der Waals surface area contributed by atoms with Crippen molar-refractivity contribution in [3.05, 3.63) is 54.0 Å². The Hall–Kier alpha value is -2.20. The van der Waals surface area contributed by atoms with Gasteiger partial charge in [-0.2, -0.15) is 0 Å². The summed E-state index contributed by atoms with van der Waals surface area (Å²) in [6, 6.07) is 12.8. The fourth-order valence-electron chi connectivity index (χ4n) is 2.41. The van der Waals surface area contributed by atoms with Crippen LogP contribution in [-0.4, -0.2) is 20.6 Å². The van der Waals surface area contributed by atoms with Crippen LogP contribution in [0.25, 0.3) is 16.9 Å². The zero-order chi connectivity index (χ0) is 14.8. The van der Waals surface area contributed by atoms with E-state index < -0.39 is 0 Å². The lowest BCUT2D eigenvalue weighted by Gasteiger charge is -2.11. The molecule has 3 rings (SSSR count). The largest absolute Gasteiger partial charge is 0.310 e. The molecule has 0 aliphatic rings. The maximum Gasteiger partial charge on any atom is 0.138 e. The number of nitrogens with zero attached hydrogens (tertiary/aromatic N) is 3. The lowest BCUT2D eigenvalue weighted by Crippen LogP contribution is -2.22. The van der Waals surface area contributed by atoms with Crippen LogP contribution < -0.4 is 5.32 Å². The van der Waals surface area contributed by atoms with Crippen LogP contribution in [0.3, 0.4) is 0 Å². The molecule has 0 aliphatic carbocycles. The van der Waals surface area contributed by atoms with Crippen LogP contribution in [0, 0.1) is 6.92 Å². The van der Waals surface area contributed by atoms with Crippen molar-refractivity contribution in [1.82, 2.24) is 19.9 Å². The van der Waals surface area contributed by atoms with E-state index in [0.717, 1.165) is 29.1 Å². The fourth-order valence-corrected chi connectivity index (χ4v) is 2.41. The lowest BCUT2D eigenvalue weighted by atomic mass is 10.2. The van der Waals surface area contributed by atoms with Crippen molar-refractivity contribution < 1.29 is 0 Å². The average Bonchev–Trinajstić information content (AvgIpc) is 2.88. The summed E-state index contributed by atoms with van der Waals surface area (Å²) in [6.45, 7) is 7.18. The summed E-state index contributed by atoms with van der Waals surface area (Å²) < 4.78 is 2.04.